The van der Waals surface area contributed by atoms with Crippen LogP contribution in [0.15, 0.2) is 0 Å². The zero-order chi connectivity index (χ0) is 15.4. The van der Waals surface area contributed by atoms with E-state index in [1.54, 1.807) is 0 Å². The van der Waals surface area contributed by atoms with E-state index in [1.807, 2.05) is 20.8 Å². The second-order valence-electron chi connectivity index (χ2n) is 8.59. The third-order valence-electron chi connectivity index (χ3n) is 4.40. The molecule has 0 saturated heterocycles. The summed E-state index contributed by atoms with van der Waals surface area (Å²) in [6, 6.07) is 0. The first-order valence-electron chi connectivity index (χ1n) is 8.30. The molecule has 0 amide bonds. The molecule has 1 aliphatic rings. The van der Waals surface area contributed by atoms with E-state index in [4.69, 9.17) is 4.74 Å². The molecular formula is C18H34O2. The molecule has 0 aromatic heterocycles. The van der Waals surface area contributed by atoms with Crippen LogP contribution in [0.3, 0.4) is 0 Å². The van der Waals surface area contributed by atoms with Gasteiger partial charge in [0.2, 0.25) is 0 Å². The van der Waals surface area contributed by atoms with E-state index in [0.717, 1.165) is 5.92 Å². The minimum atomic E-state index is -0.371. The maximum atomic E-state index is 12.1. The highest BCUT2D eigenvalue weighted by atomic mass is 16.6. The zero-order valence-electron chi connectivity index (χ0n) is 14.4. The molecule has 20 heavy (non-hydrogen) atoms. The molecule has 0 aromatic carbocycles. The minimum Gasteiger partial charge on any atom is -0.460 e. The van der Waals surface area contributed by atoms with Gasteiger partial charge in [0.25, 0.3) is 0 Å². The first-order chi connectivity index (χ1) is 9.08. The predicted molar refractivity (Wildman–Crippen MR) is 84.6 cm³/mol. The summed E-state index contributed by atoms with van der Waals surface area (Å²) in [6.07, 6.45) is 8.58. The summed E-state index contributed by atoms with van der Waals surface area (Å²) < 4.78 is 5.51. The smallest absolute Gasteiger partial charge is 0.306 e. The van der Waals surface area contributed by atoms with Gasteiger partial charge in [0, 0.05) is 6.42 Å². The van der Waals surface area contributed by atoms with Crippen LogP contribution in [0.2, 0.25) is 0 Å². The molecule has 1 aliphatic carbocycles. The molecule has 0 aliphatic heterocycles. The lowest BCUT2D eigenvalue weighted by molar-refractivity contribution is -0.157. The van der Waals surface area contributed by atoms with E-state index in [9.17, 15) is 4.79 Å². The number of carbonyl (C=O) groups excluding carboxylic acids is 1. The first kappa shape index (κ1) is 17.5. The lowest BCUT2D eigenvalue weighted by Gasteiger charge is -2.35. The van der Waals surface area contributed by atoms with Crippen molar-refractivity contribution in [1.29, 1.82) is 0 Å². The van der Waals surface area contributed by atoms with Crippen molar-refractivity contribution in [2.45, 2.75) is 92.1 Å². The standard InChI is InChI=1S/C18H34O2/c1-17(2,3)15(12-14-10-8-7-9-11-14)13-16(19)20-18(4,5)6/h14-15H,7-13H2,1-6H3. The fourth-order valence-corrected chi connectivity index (χ4v) is 3.15. The normalized spacial score (nSPS) is 19.7. The molecule has 1 fully saturated rings. The summed E-state index contributed by atoms with van der Waals surface area (Å²) in [5.74, 6) is 1.21. The van der Waals surface area contributed by atoms with Gasteiger partial charge >= 0.3 is 5.97 Å². The van der Waals surface area contributed by atoms with E-state index in [-0.39, 0.29) is 17.0 Å². The maximum Gasteiger partial charge on any atom is 0.306 e. The van der Waals surface area contributed by atoms with E-state index < -0.39 is 0 Å². The summed E-state index contributed by atoms with van der Waals surface area (Å²) >= 11 is 0. The van der Waals surface area contributed by atoms with Crippen LogP contribution < -0.4 is 0 Å². The van der Waals surface area contributed by atoms with Crippen molar-refractivity contribution in [3.63, 3.8) is 0 Å². The lowest BCUT2D eigenvalue weighted by atomic mass is 9.71. The quantitative estimate of drug-likeness (QED) is 0.650. The molecule has 1 atom stereocenters. The molecule has 0 N–H and O–H groups in total. The average molecular weight is 282 g/mol. The van der Waals surface area contributed by atoms with E-state index in [2.05, 4.69) is 20.8 Å². The van der Waals surface area contributed by atoms with Gasteiger partial charge in [-0.05, 0) is 44.4 Å². The van der Waals surface area contributed by atoms with Gasteiger partial charge in [0.05, 0.1) is 0 Å². The zero-order valence-corrected chi connectivity index (χ0v) is 14.4. The van der Waals surface area contributed by atoms with Gasteiger partial charge in [0.15, 0.2) is 0 Å². The van der Waals surface area contributed by atoms with E-state index >= 15 is 0 Å². The van der Waals surface area contributed by atoms with Crippen LogP contribution in [-0.4, -0.2) is 11.6 Å². The lowest BCUT2D eigenvalue weighted by Crippen LogP contribution is -2.30. The maximum absolute atomic E-state index is 12.1. The molecule has 0 spiro atoms. The molecule has 0 radical (unpaired) electrons. The molecule has 0 heterocycles. The number of esters is 1. The Morgan fingerprint density at radius 2 is 1.60 bits per heavy atom. The SMILES string of the molecule is CC(C)(C)OC(=O)CC(CC1CCCCC1)C(C)(C)C. The van der Waals surface area contributed by atoms with Crippen LogP contribution in [-0.2, 0) is 9.53 Å². The van der Waals surface area contributed by atoms with Crippen molar-refractivity contribution < 1.29 is 9.53 Å². The van der Waals surface area contributed by atoms with Crippen LogP contribution in [0.1, 0.15) is 86.5 Å². The van der Waals surface area contributed by atoms with Gasteiger partial charge in [-0.1, -0.05) is 52.9 Å². The Morgan fingerprint density at radius 3 is 2.05 bits per heavy atom. The second kappa shape index (κ2) is 6.95. The van der Waals surface area contributed by atoms with Crippen LogP contribution in [0.4, 0.5) is 0 Å². The third kappa shape index (κ3) is 6.76. The summed E-state index contributed by atoms with van der Waals surface area (Å²) in [5, 5.41) is 0. The number of hydrogen-bond acceptors (Lipinski definition) is 2. The number of ether oxygens (including phenoxy) is 1. The Bertz CT molecular complexity index is 300. The predicted octanol–water partition coefficient (Wildman–Crippen LogP) is 5.35. The van der Waals surface area contributed by atoms with E-state index in [1.165, 1.54) is 38.5 Å². The van der Waals surface area contributed by atoms with Gasteiger partial charge in [0.1, 0.15) is 5.60 Å². The summed E-state index contributed by atoms with van der Waals surface area (Å²) in [7, 11) is 0. The number of rotatable bonds is 4. The van der Waals surface area contributed by atoms with Crippen LogP contribution in [0, 0.1) is 17.3 Å². The Morgan fingerprint density at radius 1 is 1.05 bits per heavy atom. The number of carbonyl (C=O) groups is 1. The molecule has 0 bridgehead atoms. The highest BCUT2D eigenvalue weighted by Crippen LogP contribution is 2.38. The second-order valence-corrected chi connectivity index (χ2v) is 8.59. The molecular weight excluding hydrogens is 248 g/mol. The van der Waals surface area contributed by atoms with Crippen molar-refractivity contribution in [3.05, 3.63) is 0 Å². The Kier molecular flexibility index (Phi) is 6.09. The summed E-state index contributed by atoms with van der Waals surface area (Å²) in [6.45, 7) is 12.6. The molecule has 118 valence electrons. The van der Waals surface area contributed by atoms with Crippen LogP contribution in [0.5, 0.6) is 0 Å². The van der Waals surface area contributed by atoms with Crippen molar-refractivity contribution in [1.82, 2.24) is 0 Å². The molecule has 0 aromatic rings. The average Bonchev–Trinajstić information content (AvgIpc) is 2.25. The van der Waals surface area contributed by atoms with Crippen LogP contribution >= 0.6 is 0 Å². The topological polar surface area (TPSA) is 26.3 Å². The summed E-state index contributed by atoms with van der Waals surface area (Å²) in [5.41, 5.74) is -0.196. The molecule has 2 heteroatoms. The van der Waals surface area contributed by atoms with Gasteiger partial charge in [-0.25, -0.2) is 0 Å². The molecule has 2 nitrogen and oxygen atoms in total. The number of hydrogen-bond donors (Lipinski definition) is 0. The van der Waals surface area contributed by atoms with E-state index in [0.29, 0.717) is 12.3 Å². The van der Waals surface area contributed by atoms with Crippen molar-refractivity contribution >= 4 is 5.97 Å². The van der Waals surface area contributed by atoms with Crippen molar-refractivity contribution in [2.24, 2.45) is 17.3 Å². The van der Waals surface area contributed by atoms with Gasteiger partial charge < -0.3 is 4.74 Å². The van der Waals surface area contributed by atoms with Crippen molar-refractivity contribution in [3.8, 4) is 0 Å². The highest BCUT2D eigenvalue weighted by Gasteiger charge is 2.31. The van der Waals surface area contributed by atoms with Gasteiger partial charge in [-0.2, -0.15) is 0 Å². The van der Waals surface area contributed by atoms with Crippen molar-refractivity contribution in [2.75, 3.05) is 0 Å². The molecule has 1 unspecified atom stereocenters. The van der Waals surface area contributed by atoms with Crippen LogP contribution in [0.25, 0.3) is 0 Å². The third-order valence-corrected chi connectivity index (χ3v) is 4.40. The monoisotopic (exact) mass is 282 g/mol. The Balaban J connectivity index is 2.58. The Hall–Kier alpha value is -0.530. The Labute approximate surface area is 125 Å². The van der Waals surface area contributed by atoms with Gasteiger partial charge in [-0.15, -0.1) is 0 Å². The highest BCUT2D eigenvalue weighted by molar-refractivity contribution is 5.70. The fraction of sp³-hybridized carbons (Fsp3) is 0.944. The summed E-state index contributed by atoms with van der Waals surface area (Å²) in [4.78, 5) is 12.1. The largest absolute Gasteiger partial charge is 0.460 e. The molecule has 1 rings (SSSR count). The van der Waals surface area contributed by atoms with Gasteiger partial charge in [-0.3, -0.25) is 4.79 Å². The first-order valence-corrected chi connectivity index (χ1v) is 8.30. The minimum absolute atomic E-state index is 0.0340. The molecule has 1 saturated carbocycles. The fourth-order valence-electron chi connectivity index (χ4n) is 3.15.